The normalized spacial score (nSPS) is 18.9. The molecule has 116 valence electrons. The summed E-state index contributed by atoms with van der Waals surface area (Å²) in [7, 11) is 0. The smallest absolute Gasteiger partial charge is 0.123 e. The van der Waals surface area contributed by atoms with E-state index in [1.807, 2.05) is 12.4 Å². The lowest BCUT2D eigenvalue weighted by molar-refractivity contribution is 0.464. The lowest BCUT2D eigenvalue weighted by Crippen LogP contribution is -2.14. The van der Waals surface area contributed by atoms with E-state index in [9.17, 15) is 4.39 Å². The third kappa shape index (κ3) is 4.34. The number of rotatable bonds is 4. The Labute approximate surface area is 131 Å². The van der Waals surface area contributed by atoms with Crippen LogP contribution >= 0.6 is 0 Å². The summed E-state index contributed by atoms with van der Waals surface area (Å²) in [6.45, 7) is 2.25. The second-order valence-corrected chi connectivity index (χ2v) is 6.05. The van der Waals surface area contributed by atoms with E-state index in [4.69, 9.17) is 0 Å². The van der Waals surface area contributed by atoms with E-state index in [2.05, 4.69) is 15.3 Å². The van der Waals surface area contributed by atoms with Crippen molar-refractivity contribution in [1.82, 2.24) is 15.3 Å². The number of nitrogens with one attached hydrogen (secondary N) is 1. The predicted octanol–water partition coefficient (Wildman–Crippen LogP) is 3.14. The van der Waals surface area contributed by atoms with Crippen molar-refractivity contribution in [3.63, 3.8) is 0 Å². The van der Waals surface area contributed by atoms with Crippen LogP contribution in [0.15, 0.2) is 36.7 Å². The molecule has 1 aliphatic rings. The largest absolute Gasteiger partial charge is 0.317 e. The molecule has 0 spiro atoms. The minimum atomic E-state index is -0.205. The van der Waals surface area contributed by atoms with E-state index in [-0.39, 0.29) is 5.82 Å². The highest BCUT2D eigenvalue weighted by Crippen LogP contribution is 2.18. The molecule has 1 atom stereocenters. The third-order valence-corrected chi connectivity index (χ3v) is 4.25. The quantitative estimate of drug-likeness (QED) is 0.942. The van der Waals surface area contributed by atoms with Gasteiger partial charge in [0.05, 0.1) is 11.4 Å². The average molecular weight is 299 g/mol. The van der Waals surface area contributed by atoms with Gasteiger partial charge in [-0.1, -0.05) is 12.1 Å². The van der Waals surface area contributed by atoms with E-state index in [0.29, 0.717) is 12.3 Å². The van der Waals surface area contributed by atoms with E-state index < -0.39 is 0 Å². The van der Waals surface area contributed by atoms with E-state index in [1.54, 1.807) is 12.1 Å². The molecule has 1 aliphatic heterocycles. The zero-order chi connectivity index (χ0) is 15.2. The molecule has 2 aromatic rings. The van der Waals surface area contributed by atoms with Crippen LogP contribution in [0.1, 0.15) is 36.2 Å². The Kier molecular flexibility index (Phi) is 5.11. The van der Waals surface area contributed by atoms with Crippen LogP contribution in [0.2, 0.25) is 0 Å². The van der Waals surface area contributed by atoms with E-state index in [1.165, 1.54) is 31.4 Å². The van der Waals surface area contributed by atoms with Crippen molar-refractivity contribution < 1.29 is 4.39 Å². The van der Waals surface area contributed by atoms with Gasteiger partial charge in [0, 0.05) is 18.8 Å². The molecule has 0 bridgehead atoms. The molecule has 0 unspecified atom stereocenters. The third-order valence-electron chi connectivity index (χ3n) is 4.25. The monoisotopic (exact) mass is 299 g/mol. The maximum absolute atomic E-state index is 12.9. The standard InChI is InChI=1S/C18H22FN3/c19-16-5-3-15(4-6-16)11-18-13-21-17(12-22-18)10-14-2-1-8-20-9-7-14/h3-6,12-14,20H,1-2,7-11H2/t14-/m1/s1. The summed E-state index contributed by atoms with van der Waals surface area (Å²) in [6, 6.07) is 6.56. The van der Waals surface area contributed by atoms with Crippen LogP contribution in [0, 0.1) is 11.7 Å². The minimum Gasteiger partial charge on any atom is -0.317 e. The van der Waals surface area contributed by atoms with Crippen LogP contribution in [-0.4, -0.2) is 23.1 Å². The zero-order valence-electron chi connectivity index (χ0n) is 12.8. The fourth-order valence-electron chi connectivity index (χ4n) is 2.98. The minimum absolute atomic E-state index is 0.205. The summed E-state index contributed by atoms with van der Waals surface area (Å²) in [4.78, 5) is 9.07. The van der Waals surface area contributed by atoms with Crippen molar-refractivity contribution in [2.24, 2.45) is 5.92 Å². The molecule has 1 aromatic heterocycles. The second-order valence-electron chi connectivity index (χ2n) is 6.05. The van der Waals surface area contributed by atoms with Gasteiger partial charge < -0.3 is 5.32 Å². The Morgan fingerprint density at radius 1 is 1.00 bits per heavy atom. The highest BCUT2D eigenvalue weighted by molar-refractivity contribution is 5.21. The fourth-order valence-corrected chi connectivity index (χ4v) is 2.98. The van der Waals surface area contributed by atoms with Gasteiger partial charge in [0.1, 0.15) is 5.82 Å². The van der Waals surface area contributed by atoms with Gasteiger partial charge in [-0.25, -0.2) is 4.39 Å². The summed E-state index contributed by atoms with van der Waals surface area (Å²) in [5.74, 6) is 0.510. The molecule has 2 heterocycles. The summed E-state index contributed by atoms with van der Waals surface area (Å²) in [6.07, 6.45) is 9.21. The summed E-state index contributed by atoms with van der Waals surface area (Å²) < 4.78 is 12.9. The second kappa shape index (κ2) is 7.45. The first-order valence-electron chi connectivity index (χ1n) is 8.04. The Bertz CT molecular complexity index is 572. The molecule has 0 amide bonds. The summed E-state index contributed by atoms with van der Waals surface area (Å²) >= 11 is 0. The number of benzene rings is 1. The number of nitrogens with zero attached hydrogens (tertiary/aromatic N) is 2. The van der Waals surface area contributed by atoms with Gasteiger partial charge in [0.15, 0.2) is 0 Å². The lowest BCUT2D eigenvalue weighted by atomic mass is 9.95. The Balaban J connectivity index is 1.58. The number of aromatic nitrogens is 2. The first-order chi connectivity index (χ1) is 10.8. The first kappa shape index (κ1) is 15.1. The van der Waals surface area contributed by atoms with Crippen molar-refractivity contribution >= 4 is 0 Å². The van der Waals surface area contributed by atoms with Crippen molar-refractivity contribution in [3.8, 4) is 0 Å². The molecular weight excluding hydrogens is 277 g/mol. The molecule has 3 rings (SSSR count). The molecule has 0 saturated carbocycles. The molecule has 1 N–H and O–H groups in total. The first-order valence-corrected chi connectivity index (χ1v) is 8.04. The molecular formula is C18H22FN3. The van der Waals surface area contributed by atoms with Crippen LogP contribution in [0.5, 0.6) is 0 Å². The maximum Gasteiger partial charge on any atom is 0.123 e. The predicted molar refractivity (Wildman–Crippen MR) is 85.2 cm³/mol. The molecule has 0 aliphatic carbocycles. The average Bonchev–Trinajstić information content (AvgIpc) is 2.80. The fraction of sp³-hybridized carbons (Fsp3) is 0.444. The van der Waals surface area contributed by atoms with Crippen LogP contribution in [-0.2, 0) is 12.8 Å². The van der Waals surface area contributed by atoms with Gasteiger partial charge >= 0.3 is 0 Å². The van der Waals surface area contributed by atoms with E-state index in [0.717, 1.165) is 36.5 Å². The van der Waals surface area contributed by atoms with Crippen LogP contribution in [0.25, 0.3) is 0 Å². The molecule has 22 heavy (non-hydrogen) atoms. The molecule has 1 aromatic carbocycles. The van der Waals surface area contributed by atoms with Gasteiger partial charge in [-0.15, -0.1) is 0 Å². The van der Waals surface area contributed by atoms with Gasteiger partial charge in [-0.05, 0) is 62.4 Å². The molecule has 1 saturated heterocycles. The van der Waals surface area contributed by atoms with Crippen molar-refractivity contribution in [3.05, 3.63) is 59.4 Å². The Morgan fingerprint density at radius 3 is 2.55 bits per heavy atom. The molecule has 1 fully saturated rings. The lowest BCUT2D eigenvalue weighted by Gasteiger charge is -2.12. The summed E-state index contributed by atoms with van der Waals surface area (Å²) in [5.41, 5.74) is 3.06. The van der Waals surface area contributed by atoms with Crippen molar-refractivity contribution in [2.75, 3.05) is 13.1 Å². The summed E-state index contributed by atoms with van der Waals surface area (Å²) in [5, 5.41) is 3.44. The van der Waals surface area contributed by atoms with Gasteiger partial charge in [-0.2, -0.15) is 0 Å². The van der Waals surface area contributed by atoms with Crippen LogP contribution in [0.3, 0.4) is 0 Å². The van der Waals surface area contributed by atoms with Gasteiger partial charge in [-0.3, -0.25) is 9.97 Å². The molecule has 3 nitrogen and oxygen atoms in total. The highest BCUT2D eigenvalue weighted by atomic mass is 19.1. The highest BCUT2D eigenvalue weighted by Gasteiger charge is 2.13. The zero-order valence-corrected chi connectivity index (χ0v) is 12.8. The van der Waals surface area contributed by atoms with E-state index >= 15 is 0 Å². The molecule has 4 heteroatoms. The SMILES string of the molecule is Fc1ccc(Cc2cnc(C[C@@H]3CCCNCC3)cn2)cc1. The van der Waals surface area contributed by atoms with Crippen molar-refractivity contribution in [1.29, 1.82) is 0 Å². The topological polar surface area (TPSA) is 37.8 Å². The molecule has 0 radical (unpaired) electrons. The maximum atomic E-state index is 12.9. The van der Waals surface area contributed by atoms with Crippen LogP contribution in [0.4, 0.5) is 4.39 Å². The number of hydrogen-bond donors (Lipinski definition) is 1. The van der Waals surface area contributed by atoms with Crippen LogP contribution < -0.4 is 5.32 Å². The Morgan fingerprint density at radius 2 is 1.77 bits per heavy atom. The van der Waals surface area contributed by atoms with Crippen molar-refractivity contribution in [2.45, 2.75) is 32.1 Å². The Hall–Kier alpha value is -1.81. The van der Waals surface area contributed by atoms with Gasteiger partial charge in [0.2, 0.25) is 0 Å². The van der Waals surface area contributed by atoms with Gasteiger partial charge in [0.25, 0.3) is 0 Å². The number of halogens is 1. The number of hydrogen-bond acceptors (Lipinski definition) is 3.